The maximum absolute atomic E-state index is 12.3. The Morgan fingerprint density at radius 2 is 1.85 bits per heavy atom. The molecule has 3 rings (SSSR count). The summed E-state index contributed by atoms with van der Waals surface area (Å²) in [6, 6.07) is 14.3. The minimum atomic E-state index is -0.295. The van der Waals surface area contributed by atoms with E-state index in [9.17, 15) is 9.59 Å². The summed E-state index contributed by atoms with van der Waals surface area (Å²) in [6.45, 7) is 0.831. The van der Waals surface area contributed by atoms with Crippen LogP contribution < -0.4 is 25.0 Å². The highest BCUT2D eigenvalue weighted by molar-refractivity contribution is 5.97. The van der Waals surface area contributed by atoms with Crippen LogP contribution in [0.15, 0.2) is 48.5 Å². The normalized spacial score (nSPS) is 16.1. The average molecular weight is 369 g/mol. The van der Waals surface area contributed by atoms with E-state index in [0.717, 1.165) is 17.0 Å². The number of rotatable bonds is 6. The van der Waals surface area contributed by atoms with Gasteiger partial charge in [0.15, 0.2) is 0 Å². The molecule has 1 aliphatic rings. The van der Waals surface area contributed by atoms with Gasteiger partial charge in [0, 0.05) is 31.3 Å². The van der Waals surface area contributed by atoms with E-state index < -0.39 is 0 Å². The lowest BCUT2D eigenvalue weighted by molar-refractivity contribution is -0.117. The molecule has 2 aromatic carbocycles. The number of methoxy groups -OCH3 is 2. The molecular formula is C20H23N3O4. The van der Waals surface area contributed by atoms with Crippen molar-refractivity contribution in [3.05, 3.63) is 54.1 Å². The van der Waals surface area contributed by atoms with E-state index in [0.29, 0.717) is 18.8 Å². The molecule has 142 valence electrons. The van der Waals surface area contributed by atoms with Gasteiger partial charge in [0.1, 0.15) is 11.5 Å². The van der Waals surface area contributed by atoms with Gasteiger partial charge in [-0.1, -0.05) is 18.2 Å². The first-order valence-corrected chi connectivity index (χ1v) is 8.71. The number of ether oxygens (including phenoxy) is 2. The Morgan fingerprint density at radius 1 is 1.11 bits per heavy atom. The van der Waals surface area contributed by atoms with Crippen molar-refractivity contribution < 1.29 is 19.1 Å². The van der Waals surface area contributed by atoms with Crippen molar-refractivity contribution in [2.24, 2.45) is 0 Å². The van der Waals surface area contributed by atoms with E-state index in [4.69, 9.17) is 9.47 Å². The summed E-state index contributed by atoms with van der Waals surface area (Å²) in [5, 5.41) is 5.67. The fourth-order valence-corrected chi connectivity index (χ4v) is 2.99. The van der Waals surface area contributed by atoms with Gasteiger partial charge in [-0.3, -0.25) is 4.79 Å². The molecule has 0 spiro atoms. The van der Waals surface area contributed by atoms with Crippen LogP contribution in [0.4, 0.5) is 10.5 Å². The highest BCUT2D eigenvalue weighted by atomic mass is 16.5. The van der Waals surface area contributed by atoms with E-state index in [1.54, 1.807) is 19.1 Å². The van der Waals surface area contributed by atoms with Gasteiger partial charge in [-0.15, -0.1) is 0 Å². The predicted molar refractivity (Wildman–Crippen MR) is 102 cm³/mol. The molecule has 1 fully saturated rings. The van der Waals surface area contributed by atoms with E-state index in [2.05, 4.69) is 10.6 Å². The van der Waals surface area contributed by atoms with Crippen LogP contribution in [-0.4, -0.2) is 38.7 Å². The number of urea groups is 1. The molecule has 0 unspecified atom stereocenters. The van der Waals surface area contributed by atoms with E-state index in [1.807, 2.05) is 48.5 Å². The highest BCUT2D eigenvalue weighted by Gasteiger charge is 2.31. The van der Waals surface area contributed by atoms with Crippen molar-refractivity contribution in [3.8, 4) is 11.5 Å². The predicted octanol–water partition coefficient (Wildman–Crippen LogP) is 2.31. The number of carbonyl (C=O) groups excluding carboxylic acids is 2. The van der Waals surface area contributed by atoms with Crippen LogP contribution in [0.1, 0.15) is 12.0 Å². The van der Waals surface area contributed by atoms with Gasteiger partial charge in [0.2, 0.25) is 5.91 Å². The molecule has 7 nitrogen and oxygen atoms in total. The zero-order chi connectivity index (χ0) is 19.2. The molecule has 0 aromatic heterocycles. The summed E-state index contributed by atoms with van der Waals surface area (Å²) in [5.41, 5.74) is 1.73. The first kappa shape index (κ1) is 18.6. The lowest BCUT2D eigenvalue weighted by Gasteiger charge is -2.18. The fourth-order valence-electron chi connectivity index (χ4n) is 2.99. The van der Waals surface area contributed by atoms with Crippen LogP contribution >= 0.6 is 0 Å². The molecule has 0 aliphatic carbocycles. The van der Waals surface area contributed by atoms with Gasteiger partial charge in [0.05, 0.1) is 20.3 Å². The maximum Gasteiger partial charge on any atom is 0.315 e. The van der Waals surface area contributed by atoms with Crippen LogP contribution in [0.5, 0.6) is 11.5 Å². The minimum Gasteiger partial charge on any atom is -0.497 e. The number of nitrogens with zero attached hydrogens (tertiary/aromatic N) is 1. The molecule has 0 bridgehead atoms. The van der Waals surface area contributed by atoms with E-state index in [1.165, 1.54) is 0 Å². The van der Waals surface area contributed by atoms with Gasteiger partial charge in [-0.25, -0.2) is 4.79 Å². The lowest BCUT2D eigenvalue weighted by atomic mass is 10.2. The van der Waals surface area contributed by atoms with Gasteiger partial charge < -0.3 is 25.0 Å². The quantitative estimate of drug-likeness (QED) is 0.819. The monoisotopic (exact) mass is 369 g/mol. The van der Waals surface area contributed by atoms with Crippen LogP contribution in [0.25, 0.3) is 0 Å². The standard InChI is InChI=1S/C20H23N3O4/c1-26-17-8-6-14(7-9-17)12-21-20(25)22-15-10-19(24)23(13-15)16-4-3-5-18(11-16)27-2/h3-9,11,15H,10,12-13H2,1-2H3,(H2,21,22,25)/t15-/m1/s1. The summed E-state index contributed by atoms with van der Waals surface area (Å²) < 4.78 is 10.3. The van der Waals surface area contributed by atoms with Crippen molar-refractivity contribution >= 4 is 17.6 Å². The zero-order valence-corrected chi connectivity index (χ0v) is 15.4. The molecule has 1 atom stereocenters. The summed E-state index contributed by atoms with van der Waals surface area (Å²) in [4.78, 5) is 26.1. The zero-order valence-electron chi connectivity index (χ0n) is 15.4. The highest BCUT2D eigenvalue weighted by Crippen LogP contribution is 2.25. The van der Waals surface area contributed by atoms with Gasteiger partial charge in [0.25, 0.3) is 0 Å². The van der Waals surface area contributed by atoms with Crippen LogP contribution in [0, 0.1) is 0 Å². The van der Waals surface area contributed by atoms with Crippen molar-refractivity contribution in [2.45, 2.75) is 19.0 Å². The molecule has 27 heavy (non-hydrogen) atoms. The van der Waals surface area contributed by atoms with E-state index >= 15 is 0 Å². The smallest absolute Gasteiger partial charge is 0.315 e. The largest absolute Gasteiger partial charge is 0.497 e. The van der Waals surface area contributed by atoms with Gasteiger partial charge >= 0.3 is 6.03 Å². The van der Waals surface area contributed by atoms with Gasteiger partial charge in [-0.05, 0) is 29.8 Å². The Bertz CT molecular complexity index is 807. The summed E-state index contributed by atoms with van der Waals surface area (Å²) in [6.07, 6.45) is 0.271. The Hall–Kier alpha value is -3.22. The van der Waals surface area contributed by atoms with Crippen molar-refractivity contribution in [1.29, 1.82) is 0 Å². The second kappa shape index (κ2) is 8.44. The maximum atomic E-state index is 12.3. The molecule has 1 saturated heterocycles. The number of hydrogen-bond acceptors (Lipinski definition) is 4. The van der Waals surface area contributed by atoms with Crippen molar-refractivity contribution in [3.63, 3.8) is 0 Å². The summed E-state index contributed by atoms with van der Waals surface area (Å²) in [5.74, 6) is 1.43. The molecule has 7 heteroatoms. The SMILES string of the molecule is COc1ccc(CNC(=O)N[C@@H]2CC(=O)N(c3cccc(OC)c3)C2)cc1. The second-order valence-electron chi connectivity index (χ2n) is 6.28. The van der Waals surface area contributed by atoms with Crippen LogP contribution in [0.3, 0.4) is 0 Å². The number of benzene rings is 2. The van der Waals surface area contributed by atoms with Crippen molar-refractivity contribution in [2.75, 3.05) is 25.7 Å². The third-order valence-corrected chi connectivity index (χ3v) is 4.44. The minimum absolute atomic E-state index is 0.0243. The molecule has 0 saturated carbocycles. The Morgan fingerprint density at radius 3 is 2.56 bits per heavy atom. The molecule has 2 aromatic rings. The molecule has 2 N–H and O–H groups in total. The van der Waals surface area contributed by atoms with Crippen LogP contribution in [0.2, 0.25) is 0 Å². The Kier molecular flexibility index (Phi) is 5.80. The number of amides is 3. The Labute approximate surface area is 158 Å². The van der Waals surface area contributed by atoms with Crippen LogP contribution in [-0.2, 0) is 11.3 Å². The number of hydrogen-bond donors (Lipinski definition) is 2. The molecule has 1 heterocycles. The molecule has 0 radical (unpaired) electrons. The summed E-state index contributed by atoms with van der Waals surface area (Å²) >= 11 is 0. The first-order chi connectivity index (χ1) is 13.1. The average Bonchev–Trinajstić information content (AvgIpc) is 3.06. The molecular weight excluding hydrogens is 346 g/mol. The second-order valence-corrected chi connectivity index (χ2v) is 6.28. The third-order valence-electron chi connectivity index (χ3n) is 4.44. The topological polar surface area (TPSA) is 79.9 Å². The van der Waals surface area contributed by atoms with E-state index in [-0.39, 0.29) is 24.4 Å². The fraction of sp³-hybridized carbons (Fsp3) is 0.300. The third kappa shape index (κ3) is 4.69. The lowest BCUT2D eigenvalue weighted by Crippen LogP contribution is -2.43. The number of nitrogens with one attached hydrogen (secondary N) is 2. The van der Waals surface area contributed by atoms with Gasteiger partial charge in [-0.2, -0.15) is 0 Å². The summed E-state index contributed by atoms with van der Waals surface area (Å²) in [7, 11) is 3.20. The molecule has 1 aliphatic heterocycles. The number of anilines is 1. The Balaban J connectivity index is 1.51. The van der Waals surface area contributed by atoms with Crippen molar-refractivity contribution in [1.82, 2.24) is 10.6 Å². The first-order valence-electron chi connectivity index (χ1n) is 8.71. The molecule has 3 amide bonds. The number of carbonyl (C=O) groups is 2.